The van der Waals surface area contributed by atoms with Crippen LogP contribution in [-0.2, 0) is 6.61 Å². The minimum atomic E-state index is -1.00. The van der Waals surface area contributed by atoms with E-state index in [9.17, 15) is 4.79 Å². The molecule has 5 aromatic carbocycles. The molecule has 4 heteroatoms. The number of hydrogen-bond donors (Lipinski definition) is 0. The summed E-state index contributed by atoms with van der Waals surface area (Å²) < 4.78 is 6.48. The van der Waals surface area contributed by atoms with Crippen LogP contribution in [-0.4, -0.2) is 22.9 Å². The monoisotopic (exact) mass is 545 g/mol. The first-order valence-electron chi connectivity index (χ1n) is 13.9. The molecule has 202 valence electrons. The second kappa shape index (κ2) is 12.5. The van der Waals surface area contributed by atoms with Crippen LogP contribution in [0.15, 0.2) is 121 Å². The Morgan fingerprint density at radius 2 is 1.23 bits per heavy atom. The minimum absolute atomic E-state index is 0.0423. The van der Waals surface area contributed by atoms with Crippen LogP contribution in [0.3, 0.4) is 0 Å². The van der Waals surface area contributed by atoms with Gasteiger partial charge in [0.25, 0.3) is 5.91 Å². The van der Waals surface area contributed by atoms with Gasteiger partial charge in [-0.25, -0.2) is 0 Å². The van der Waals surface area contributed by atoms with Gasteiger partial charge in [0.1, 0.15) is 12.4 Å². The highest BCUT2D eigenvalue weighted by Crippen LogP contribution is 2.39. The van der Waals surface area contributed by atoms with Crippen molar-refractivity contribution >= 4 is 40.5 Å². The second-order valence-corrected chi connectivity index (χ2v) is 12.7. The predicted octanol–water partition coefficient (Wildman–Crippen LogP) is 7.44. The Morgan fingerprint density at radius 1 is 0.675 bits per heavy atom. The summed E-state index contributed by atoms with van der Waals surface area (Å²) in [6.45, 7) is 8.79. The number of ether oxygens (including phenoxy) is 1. The standard InChI is InChI=1S/C36H36NO2P/c1-26(2)37(27(3)4)36(38)35-33(40(30-18-10-6-11-19-30)31-20-12-7-13-21-31)24-23-29-17-14-22-32(34(29)35)39-25-28-15-8-5-9-16-28/h5-24,26-27H,25H2,1-4H3. The molecule has 0 aliphatic rings. The molecule has 0 aliphatic carbocycles. The van der Waals surface area contributed by atoms with Gasteiger partial charge in [-0.3, -0.25) is 4.79 Å². The van der Waals surface area contributed by atoms with Crippen LogP contribution in [0.4, 0.5) is 0 Å². The highest BCUT2D eigenvalue weighted by molar-refractivity contribution is 7.80. The lowest BCUT2D eigenvalue weighted by Gasteiger charge is -2.33. The molecule has 0 unspecified atom stereocenters. The summed E-state index contributed by atoms with van der Waals surface area (Å²) in [6, 6.07) is 41.8. The van der Waals surface area contributed by atoms with E-state index in [0.29, 0.717) is 6.61 Å². The van der Waals surface area contributed by atoms with Crippen molar-refractivity contribution in [3.05, 3.63) is 132 Å². The van der Waals surface area contributed by atoms with E-state index in [2.05, 4.69) is 107 Å². The smallest absolute Gasteiger partial charge is 0.255 e. The molecule has 0 fully saturated rings. The summed E-state index contributed by atoms with van der Waals surface area (Å²) in [7, 11) is -1.00. The summed E-state index contributed by atoms with van der Waals surface area (Å²) in [6.07, 6.45) is 0. The van der Waals surface area contributed by atoms with E-state index in [4.69, 9.17) is 4.74 Å². The van der Waals surface area contributed by atoms with E-state index in [1.807, 2.05) is 47.4 Å². The van der Waals surface area contributed by atoms with Crippen LogP contribution in [0, 0.1) is 0 Å². The maximum absolute atomic E-state index is 14.7. The fraction of sp³-hybridized carbons (Fsp3) is 0.194. The molecule has 0 radical (unpaired) electrons. The number of fused-ring (bicyclic) bond motifs is 1. The lowest BCUT2D eigenvalue weighted by atomic mass is 10.0. The zero-order valence-corrected chi connectivity index (χ0v) is 24.5. The van der Waals surface area contributed by atoms with Crippen molar-refractivity contribution in [2.45, 2.75) is 46.4 Å². The molecule has 0 bridgehead atoms. The van der Waals surface area contributed by atoms with Crippen LogP contribution in [0.1, 0.15) is 43.6 Å². The summed E-state index contributed by atoms with van der Waals surface area (Å²) in [4.78, 5) is 16.7. The number of hydrogen-bond acceptors (Lipinski definition) is 2. The first-order valence-corrected chi connectivity index (χ1v) is 15.2. The Bertz CT molecular complexity index is 1520. The molecule has 0 heterocycles. The third-order valence-corrected chi connectivity index (χ3v) is 9.54. The van der Waals surface area contributed by atoms with E-state index in [-0.39, 0.29) is 18.0 Å². The van der Waals surface area contributed by atoms with E-state index in [1.54, 1.807) is 0 Å². The first-order chi connectivity index (χ1) is 19.5. The number of carbonyl (C=O) groups excluding carboxylic acids is 1. The zero-order valence-electron chi connectivity index (χ0n) is 23.6. The van der Waals surface area contributed by atoms with E-state index in [1.165, 1.54) is 10.6 Å². The third kappa shape index (κ3) is 5.81. The van der Waals surface area contributed by atoms with Crippen molar-refractivity contribution < 1.29 is 9.53 Å². The molecule has 0 saturated heterocycles. The number of carbonyl (C=O) groups is 1. The van der Waals surface area contributed by atoms with Gasteiger partial charge in [-0.1, -0.05) is 115 Å². The second-order valence-electron chi connectivity index (χ2n) is 10.5. The molecular weight excluding hydrogens is 509 g/mol. The van der Waals surface area contributed by atoms with Crippen LogP contribution in [0.2, 0.25) is 0 Å². The quantitative estimate of drug-likeness (QED) is 0.180. The Morgan fingerprint density at radius 3 is 1.77 bits per heavy atom. The molecule has 5 aromatic rings. The van der Waals surface area contributed by atoms with Gasteiger partial charge in [0.05, 0.1) is 5.56 Å². The Kier molecular flexibility index (Phi) is 8.63. The van der Waals surface area contributed by atoms with Gasteiger partial charge in [0, 0.05) is 17.5 Å². The predicted molar refractivity (Wildman–Crippen MR) is 170 cm³/mol. The Balaban J connectivity index is 1.78. The molecule has 0 spiro atoms. The van der Waals surface area contributed by atoms with Gasteiger partial charge in [0.15, 0.2) is 0 Å². The van der Waals surface area contributed by atoms with E-state index < -0.39 is 7.92 Å². The molecule has 0 N–H and O–H groups in total. The number of benzene rings is 5. The van der Waals surface area contributed by atoms with Gasteiger partial charge < -0.3 is 9.64 Å². The van der Waals surface area contributed by atoms with Gasteiger partial charge >= 0.3 is 0 Å². The van der Waals surface area contributed by atoms with Crippen LogP contribution < -0.4 is 20.7 Å². The molecule has 0 saturated carbocycles. The number of rotatable bonds is 9. The third-order valence-electron chi connectivity index (χ3n) is 7.05. The summed E-state index contributed by atoms with van der Waals surface area (Å²) in [5, 5.41) is 5.35. The maximum atomic E-state index is 14.7. The summed E-state index contributed by atoms with van der Waals surface area (Å²) in [5.41, 5.74) is 1.83. The fourth-order valence-electron chi connectivity index (χ4n) is 5.37. The average molecular weight is 546 g/mol. The van der Waals surface area contributed by atoms with Crippen molar-refractivity contribution in [2.24, 2.45) is 0 Å². The molecule has 0 atom stereocenters. The number of amides is 1. The fourth-order valence-corrected chi connectivity index (χ4v) is 7.82. The molecule has 0 aromatic heterocycles. The summed E-state index contributed by atoms with van der Waals surface area (Å²) in [5.74, 6) is 0.774. The molecule has 40 heavy (non-hydrogen) atoms. The lowest BCUT2D eigenvalue weighted by molar-refractivity contribution is 0.0647. The van der Waals surface area contributed by atoms with Crippen LogP contribution in [0.25, 0.3) is 10.8 Å². The molecule has 3 nitrogen and oxygen atoms in total. The van der Waals surface area contributed by atoms with E-state index >= 15 is 0 Å². The maximum Gasteiger partial charge on any atom is 0.255 e. The highest BCUT2D eigenvalue weighted by Gasteiger charge is 2.30. The van der Waals surface area contributed by atoms with E-state index in [0.717, 1.165) is 33.0 Å². The Labute approximate surface area is 239 Å². The lowest BCUT2D eigenvalue weighted by Crippen LogP contribution is -2.44. The van der Waals surface area contributed by atoms with Crippen molar-refractivity contribution in [3.8, 4) is 5.75 Å². The molecular formula is C36H36NO2P. The number of nitrogens with zero attached hydrogens (tertiary/aromatic N) is 1. The van der Waals surface area contributed by atoms with Gasteiger partial charge in [-0.15, -0.1) is 0 Å². The van der Waals surface area contributed by atoms with Crippen molar-refractivity contribution in [3.63, 3.8) is 0 Å². The highest BCUT2D eigenvalue weighted by atomic mass is 31.1. The normalized spacial score (nSPS) is 11.4. The van der Waals surface area contributed by atoms with Crippen molar-refractivity contribution in [1.29, 1.82) is 0 Å². The zero-order chi connectivity index (χ0) is 28.1. The topological polar surface area (TPSA) is 29.5 Å². The SMILES string of the molecule is CC(C)N(C(=O)c1c(P(c2ccccc2)c2ccccc2)ccc2cccc(OCc3ccccc3)c12)C(C)C. The van der Waals surface area contributed by atoms with Gasteiger partial charge in [-0.2, -0.15) is 0 Å². The molecule has 0 aliphatic heterocycles. The molecule has 1 amide bonds. The molecule has 5 rings (SSSR count). The van der Waals surface area contributed by atoms with Crippen molar-refractivity contribution in [2.75, 3.05) is 0 Å². The van der Waals surface area contributed by atoms with Crippen LogP contribution >= 0.6 is 7.92 Å². The minimum Gasteiger partial charge on any atom is -0.488 e. The van der Waals surface area contributed by atoms with Gasteiger partial charge in [0.2, 0.25) is 0 Å². The van der Waals surface area contributed by atoms with Gasteiger partial charge in [-0.05, 0) is 68.5 Å². The Hall–Kier alpha value is -3.94. The first kappa shape index (κ1) is 27.6. The average Bonchev–Trinajstić information content (AvgIpc) is 2.97. The van der Waals surface area contributed by atoms with Crippen LogP contribution in [0.5, 0.6) is 5.75 Å². The summed E-state index contributed by atoms with van der Waals surface area (Å²) >= 11 is 0. The van der Waals surface area contributed by atoms with Crippen molar-refractivity contribution in [1.82, 2.24) is 4.90 Å². The largest absolute Gasteiger partial charge is 0.488 e.